The number of pyridine rings is 1. The number of hydrogen-bond donors (Lipinski definition) is 0. The first-order valence-corrected chi connectivity index (χ1v) is 7.95. The number of nitrogens with zero attached hydrogens (tertiary/aromatic N) is 1. The van der Waals surface area contributed by atoms with Crippen LogP contribution in [0.5, 0.6) is 5.75 Å². The van der Waals surface area contributed by atoms with Gasteiger partial charge in [-0.25, -0.2) is 13.4 Å². The Labute approximate surface area is 144 Å². The van der Waals surface area contributed by atoms with Gasteiger partial charge >= 0.3 is 13.4 Å². The molecule has 0 radical (unpaired) electrons. The predicted molar refractivity (Wildman–Crippen MR) is 92.6 cm³/mol. The van der Waals surface area contributed by atoms with Crippen molar-refractivity contribution in [1.29, 1.82) is 0 Å². The summed E-state index contributed by atoms with van der Waals surface area (Å²) in [5.74, 6) is -0.808. The van der Waals surface area contributed by atoms with Crippen molar-refractivity contribution in [2.24, 2.45) is 0 Å². The molecule has 0 bridgehead atoms. The Kier molecular flexibility index (Phi) is 5.50. The number of methoxy groups -OCH3 is 1. The zero-order valence-electron chi connectivity index (χ0n) is 14.9. The second-order valence-electron chi connectivity index (χ2n) is 5.95. The minimum Gasteiger partial charge on any atom is -0.494 e. The van der Waals surface area contributed by atoms with Gasteiger partial charge in [0.25, 0.3) is 0 Å². The Hall–Kier alpha value is -2.38. The molecule has 1 atom stereocenters. The molecule has 5 nitrogen and oxygen atoms in total. The van der Waals surface area contributed by atoms with Crippen molar-refractivity contribution in [3.05, 3.63) is 39.2 Å². The number of benzene rings is 1. The van der Waals surface area contributed by atoms with Gasteiger partial charge in [0, 0.05) is 12.2 Å². The lowest BCUT2D eigenvalue weighted by atomic mass is 10.0. The van der Waals surface area contributed by atoms with Gasteiger partial charge in [0.1, 0.15) is 11.3 Å². The van der Waals surface area contributed by atoms with E-state index < -0.39 is 24.4 Å². The van der Waals surface area contributed by atoms with Gasteiger partial charge < -0.3 is 14.0 Å². The number of halogens is 2. The largest absolute Gasteiger partial charge is 0.798 e. The second kappa shape index (κ2) is 7.25. The zero-order chi connectivity index (χ0) is 18.9. The van der Waals surface area contributed by atoms with E-state index in [0.717, 1.165) is 11.1 Å². The first-order chi connectivity index (χ1) is 11.7. The van der Waals surface area contributed by atoms with Gasteiger partial charge in [0.2, 0.25) is 5.43 Å². The number of hydrogen-bond acceptors (Lipinski definition) is 4. The van der Waals surface area contributed by atoms with Gasteiger partial charge in [0.05, 0.1) is 18.0 Å². The average molecular weight is 351 g/mol. The lowest BCUT2D eigenvalue weighted by Crippen LogP contribution is -2.24. The molecular formula is C17H20BF2NO4. The first-order valence-electron chi connectivity index (χ1n) is 7.95. The van der Waals surface area contributed by atoms with Crippen LogP contribution in [0.4, 0.5) is 8.63 Å². The fourth-order valence-corrected chi connectivity index (χ4v) is 2.79. The number of rotatable bonds is 5. The van der Waals surface area contributed by atoms with Crippen molar-refractivity contribution in [3.8, 4) is 5.75 Å². The van der Waals surface area contributed by atoms with E-state index in [0.29, 0.717) is 17.7 Å². The Morgan fingerprint density at radius 2 is 2.00 bits per heavy atom. The third kappa shape index (κ3) is 3.38. The highest BCUT2D eigenvalue weighted by Crippen LogP contribution is 2.33. The molecule has 0 fully saturated rings. The minimum absolute atomic E-state index is 0.0859. The molecule has 25 heavy (non-hydrogen) atoms. The van der Waals surface area contributed by atoms with Gasteiger partial charge in [-0.3, -0.25) is 4.79 Å². The van der Waals surface area contributed by atoms with E-state index in [9.17, 15) is 18.2 Å². The summed E-state index contributed by atoms with van der Waals surface area (Å²) in [6.07, 6.45) is 1.98. The lowest BCUT2D eigenvalue weighted by molar-refractivity contribution is 0.0693. The summed E-state index contributed by atoms with van der Waals surface area (Å²) in [7, 11) is -1.78. The molecule has 0 aliphatic heterocycles. The van der Waals surface area contributed by atoms with Crippen LogP contribution in [0.15, 0.2) is 17.1 Å². The fraction of sp³-hybridized carbons (Fsp3) is 0.412. The van der Waals surface area contributed by atoms with Crippen LogP contribution in [-0.4, -0.2) is 25.1 Å². The first kappa shape index (κ1) is 19.0. The van der Waals surface area contributed by atoms with E-state index in [2.05, 4.69) is 4.65 Å². The summed E-state index contributed by atoms with van der Waals surface area (Å²) in [5.41, 5.74) is 1.14. The van der Waals surface area contributed by atoms with Crippen molar-refractivity contribution in [1.82, 2.24) is 4.57 Å². The smallest absolute Gasteiger partial charge is 0.494 e. The second-order valence-corrected chi connectivity index (χ2v) is 5.95. The van der Waals surface area contributed by atoms with E-state index in [1.54, 1.807) is 10.6 Å². The standard InChI is InChI=1S/C17H20BF2NO4/c1-6-10(3)21-8-13(17(23)25-18(19)20)15(22)12-7-9(2)11(4)16(24-5)14(12)21/h7-8,10H,6H2,1-5H3. The summed E-state index contributed by atoms with van der Waals surface area (Å²) in [4.78, 5) is 24.7. The van der Waals surface area contributed by atoms with Crippen molar-refractivity contribution in [3.63, 3.8) is 0 Å². The molecule has 0 saturated heterocycles. The number of fused-ring (bicyclic) bond motifs is 1. The number of aryl methyl sites for hydroxylation is 1. The molecule has 2 rings (SSSR count). The predicted octanol–water partition coefficient (Wildman–Crippen LogP) is 3.68. The van der Waals surface area contributed by atoms with Gasteiger partial charge in [0.15, 0.2) is 0 Å². The van der Waals surface area contributed by atoms with Crippen molar-refractivity contribution in [2.75, 3.05) is 7.11 Å². The molecule has 0 amide bonds. The highest BCUT2D eigenvalue weighted by Gasteiger charge is 2.27. The average Bonchev–Trinajstić information content (AvgIpc) is 2.55. The molecule has 0 spiro atoms. The maximum Gasteiger partial charge on any atom is 0.798 e. The molecule has 2 aromatic rings. The molecule has 1 aromatic heterocycles. The topological polar surface area (TPSA) is 57.5 Å². The molecule has 8 heteroatoms. The molecule has 0 aliphatic carbocycles. The SMILES string of the molecule is CCC(C)n1cc(C(=O)OB(F)F)c(=O)c2cc(C)c(C)c(OC)c21. The summed E-state index contributed by atoms with van der Waals surface area (Å²) in [6, 6.07) is 1.56. The van der Waals surface area contributed by atoms with Crippen LogP contribution in [0.2, 0.25) is 0 Å². The Bertz CT molecular complexity index is 879. The van der Waals surface area contributed by atoms with Crippen LogP contribution in [0.3, 0.4) is 0 Å². The number of ether oxygens (including phenoxy) is 1. The van der Waals surface area contributed by atoms with Gasteiger partial charge in [-0.1, -0.05) is 6.92 Å². The van der Waals surface area contributed by atoms with Crippen LogP contribution in [0.25, 0.3) is 10.9 Å². The van der Waals surface area contributed by atoms with Gasteiger partial charge in [-0.15, -0.1) is 0 Å². The molecule has 1 aromatic carbocycles. The monoisotopic (exact) mass is 351 g/mol. The van der Waals surface area contributed by atoms with E-state index in [1.165, 1.54) is 13.3 Å². The molecule has 0 saturated carbocycles. The zero-order valence-corrected chi connectivity index (χ0v) is 14.9. The summed E-state index contributed by atoms with van der Waals surface area (Å²) in [6.45, 7) is 7.53. The maximum atomic E-state index is 12.7. The summed E-state index contributed by atoms with van der Waals surface area (Å²) >= 11 is 0. The van der Waals surface area contributed by atoms with E-state index >= 15 is 0 Å². The molecule has 134 valence electrons. The van der Waals surface area contributed by atoms with Crippen LogP contribution in [0, 0.1) is 13.8 Å². The highest BCUT2D eigenvalue weighted by molar-refractivity contribution is 6.38. The van der Waals surface area contributed by atoms with Crippen LogP contribution >= 0.6 is 0 Å². The summed E-state index contributed by atoms with van der Waals surface area (Å²) in [5, 5.41) is 0.240. The van der Waals surface area contributed by atoms with E-state index in [4.69, 9.17) is 4.74 Å². The Morgan fingerprint density at radius 1 is 1.36 bits per heavy atom. The van der Waals surface area contributed by atoms with Gasteiger partial charge in [-0.05, 0) is 44.4 Å². The maximum absolute atomic E-state index is 12.7. The number of carbonyl (C=O) groups excluding carboxylic acids is 1. The van der Waals surface area contributed by atoms with Gasteiger partial charge in [-0.2, -0.15) is 0 Å². The van der Waals surface area contributed by atoms with Crippen LogP contribution < -0.4 is 10.2 Å². The van der Waals surface area contributed by atoms with Crippen molar-refractivity contribution in [2.45, 2.75) is 40.2 Å². The van der Waals surface area contributed by atoms with E-state index in [1.807, 2.05) is 27.7 Å². The molecule has 0 N–H and O–H groups in total. The number of aromatic nitrogens is 1. The van der Waals surface area contributed by atoms with Crippen molar-refractivity contribution >= 4 is 24.3 Å². The normalized spacial score (nSPS) is 12.1. The van der Waals surface area contributed by atoms with E-state index in [-0.39, 0.29) is 11.4 Å². The Morgan fingerprint density at radius 3 is 2.52 bits per heavy atom. The molecule has 1 heterocycles. The Balaban J connectivity index is 2.94. The van der Waals surface area contributed by atoms with Crippen molar-refractivity contribution < 1.29 is 22.8 Å². The molecular weight excluding hydrogens is 331 g/mol. The van der Waals surface area contributed by atoms with Crippen LogP contribution in [0.1, 0.15) is 47.8 Å². The number of carbonyl (C=O) groups is 1. The lowest BCUT2D eigenvalue weighted by Gasteiger charge is -2.22. The molecule has 1 unspecified atom stereocenters. The van der Waals surface area contributed by atoms with Crippen LogP contribution in [-0.2, 0) is 4.65 Å². The quantitative estimate of drug-likeness (QED) is 0.771. The highest BCUT2D eigenvalue weighted by atomic mass is 19.2. The molecule has 0 aliphatic rings. The fourth-order valence-electron chi connectivity index (χ4n) is 2.79. The minimum atomic E-state index is -3.28. The third-order valence-electron chi connectivity index (χ3n) is 4.46. The summed E-state index contributed by atoms with van der Waals surface area (Å²) < 4.78 is 36.0. The third-order valence-corrected chi connectivity index (χ3v) is 4.46.